The predicted octanol–water partition coefficient (Wildman–Crippen LogP) is 1.13. The summed E-state index contributed by atoms with van der Waals surface area (Å²) in [6.07, 6.45) is 0. The van der Waals surface area contributed by atoms with Crippen LogP contribution in [0.2, 0.25) is 0 Å². The maximum absolute atomic E-state index is 13.1. The molecule has 126 valence electrons. The highest BCUT2D eigenvalue weighted by Crippen LogP contribution is 2.22. The van der Waals surface area contributed by atoms with E-state index in [1.54, 1.807) is 0 Å². The summed E-state index contributed by atoms with van der Waals surface area (Å²) in [4.78, 5) is 22.5. The molecule has 0 saturated carbocycles. The number of benzene rings is 2. The van der Waals surface area contributed by atoms with Gasteiger partial charge in [-0.25, -0.2) is 12.8 Å². The molecule has 9 heteroatoms. The SMILES string of the molecule is Cc1cc(F)ccc1S(=O)(=O)Nc1cc(C(N)=O)cc(C(N)=O)c1. The molecule has 0 bridgehead atoms. The van der Waals surface area contributed by atoms with E-state index in [2.05, 4.69) is 4.72 Å². The number of halogens is 1. The highest BCUT2D eigenvalue weighted by molar-refractivity contribution is 7.92. The van der Waals surface area contributed by atoms with Crippen molar-refractivity contribution in [2.75, 3.05) is 4.72 Å². The van der Waals surface area contributed by atoms with E-state index in [1.807, 2.05) is 0 Å². The fourth-order valence-corrected chi connectivity index (χ4v) is 3.36. The average Bonchev–Trinajstić information content (AvgIpc) is 2.45. The molecule has 0 aliphatic heterocycles. The average molecular weight is 351 g/mol. The molecule has 2 aromatic carbocycles. The quantitative estimate of drug-likeness (QED) is 0.745. The van der Waals surface area contributed by atoms with Crippen molar-refractivity contribution in [2.45, 2.75) is 11.8 Å². The Bertz CT molecular complexity index is 909. The minimum Gasteiger partial charge on any atom is -0.366 e. The smallest absolute Gasteiger partial charge is 0.262 e. The third-order valence-electron chi connectivity index (χ3n) is 3.18. The van der Waals surface area contributed by atoms with E-state index in [0.717, 1.165) is 24.3 Å². The van der Waals surface area contributed by atoms with Crippen LogP contribution in [0.25, 0.3) is 0 Å². The van der Waals surface area contributed by atoms with Gasteiger partial charge in [0.1, 0.15) is 5.82 Å². The summed E-state index contributed by atoms with van der Waals surface area (Å²) in [6.45, 7) is 1.44. The fourth-order valence-electron chi connectivity index (χ4n) is 2.10. The van der Waals surface area contributed by atoms with Gasteiger partial charge < -0.3 is 11.5 Å². The van der Waals surface area contributed by atoms with Crippen molar-refractivity contribution in [2.24, 2.45) is 11.5 Å². The number of carbonyl (C=O) groups excluding carboxylic acids is 2. The zero-order chi connectivity index (χ0) is 18.1. The van der Waals surface area contributed by atoms with Crippen molar-refractivity contribution in [1.29, 1.82) is 0 Å². The van der Waals surface area contributed by atoms with Gasteiger partial charge in [0.2, 0.25) is 11.8 Å². The Morgan fingerprint density at radius 3 is 2.00 bits per heavy atom. The van der Waals surface area contributed by atoms with Gasteiger partial charge in [0, 0.05) is 11.1 Å². The molecule has 0 fully saturated rings. The van der Waals surface area contributed by atoms with E-state index < -0.39 is 27.7 Å². The molecule has 0 aromatic heterocycles. The summed E-state index contributed by atoms with van der Waals surface area (Å²) in [5.74, 6) is -2.27. The minimum atomic E-state index is -4.07. The topological polar surface area (TPSA) is 132 Å². The summed E-state index contributed by atoms with van der Waals surface area (Å²) >= 11 is 0. The third-order valence-corrected chi connectivity index (χ3v) is 4.72. The van der Waals surface area contributed by atoms with Gasteiger partial charge in [0.05, 0.1) is 10.6 Å². The van der Waals surface area contributed by atoms with E-state index in [4.69, 9.17) is 11.5 Å². The Hall–Kier alpha value is -2.94. The van der Waals surface area contributed by atoms with Crippen LogP contribution in [0.5, 0.6) is 0 Å². The molecule has 2 amide bonds. The first kappa shape index (κ1) is 17.4. The maximum Gasteiger partial charge on any atom is 0.262 e. The normalized spacial score (nSPS) is 11.1. The van der Waals surface area contributed by atoms with Crippen LogP contribution in [0.1, 0.15) is 26.3 Å². The second-order valence-electron chi connectivity index (χ2n) is 5.04. The summed E-state index contributed by atoms with van der Waals surface area (Å²) in [5, 5.41) is 0. The van der Waals surface area contributed by atoms with Crippen molar-refractivity contribution in [3.8, 4) is 0 Å². The number of sulfonamides is 1. The Kier molecular flexibility index (Phi) is 4.56. The van der Waals surface area contributed by atoms with E-state index in [0.29, 0.717) is 0 Å². The van der Waals surface area contributed by atoms with E-state index in [9.17, 15) is 22.4 Å². The van der Waals surface area contributed by atoms with Crippen LogP contribution in [-0.4, -0.2) is 20.2 Å². The number of carbonyl (C=O) groups is 2. The van der Waals surface area contributed by atoms with Gasteiger partial charge in [-0.05, 0) is 48.9 Å². The lowest BCUT2D eigenvalue weighted by Crippen LogP contribution is -2.18. The maximum atomic E-state index is 13.1. The first-order valence-corrected chi connectivity index (χ1v) is 8.12. The molecule has 2 rings (SSSR count). The Labute approximate surface area is 137 Å². The number of aryl methyl sites for hydroxylation is 1. The van der Waals surface area contributed by atoms with Gasteiger partial charge in [0.15, 0.2) is 0 Å². The number of nitrogens with one attached hydrogen (secondary N) is 1. The van der Waals surface area contributed by atoms with Crippen LogP contribution in [0, 0.1) is 12.7 Å². The molecular formula is C15H14FN3O4S. The Morgan fingerprint density at radius 1 is 1.00 bits per heavy atom. The lowest BCUT2D eigenvalue weighted by Gasteiger charge is -2.12. The lowest BCUT2D eigenvalue weighted by atomic mass is 10.1. The molecule has 7 nitrogen and oxygen atoms in total. The molecule has 0 atom stereocenters. The summed E-state index contributed by atoms with van der Waals surface area (Å²) < 4.78 is 40.2. The van der Waals surface area contributed by atoms with Crippen LogP contribution in [-0.2, 0) is 10.0 Å². The highest BCUT2D eigenvalue weighted by atomic mass is 32.2. The molecule has 0 aliphatic carbocycles. The monoisotopic (exact) mass is 351 g/mol. The number of hydrogen-bond donors (Lipinski definition) is 3. The molecule has 0 heterocycles. The standard InChI is InChI=1S/C15H14FN3O4S/c1-8-4-11(16)2-3-13(8)24(22,23)19-12-6-9(14(17)20)5-10(7-12)15(18)21/h2-7,19H,1H3,(H2,17,20)(H2,18,21). The van der Waals surface area contributed by atoms with Crippen LogP contribution in [0.3, 0.4) is 0 Å². The van der Waals surface area contributed by atoms with Crippen molar-refractivity contribution >= 4 is 27.5 Å². The first-order valence-electron chi connectivity index (χ1n) is 6.64. The molecule has 5 N–H and O–H groups in total. The van der Waals surface area contributed by atoms with Crippen LogP contribution in [0.4, 0.5) is 10.1 Å². The molecular weight excluding hydrogens is 337 g/mol. The molecule has 24 heavy (non-hydrogen) atoms. The largest absolute Gasteiger partial charge is 0.366 e. The molecule has 0 saturated heterocycles. The number of primary amides is 2. The lowest BCUT2D eigenvalue weighted by molar-refractivity contribution is 0.0999. The van der Waals surface area contributed by atoms with Crippen LogP contribution in [0.15, 0.2) is 41.3 Å². The molecule has 0 unspecified atom stereocenters. The minimum absolute atomic E-state index is 0.0659. The summed E-state index contributed by atoms with van der Waals surface area (Å²) in [5.41, 5.74) is 10.3. The van der Waals surface area contributed by atoms with Crippen LogP contribution >= 0.6 is 0 Å². The van der Waals surface area contributed by atoms with Gasteiger partial charge >= 0.3 is 0 Å². The van der Waals surface area contributed by atoms with Gasteiger partial charge in [-0.1, -0.05) is 0 Å². The Balaban J connectivity index is 2.49. The fraction of sp³-hybridized carbons (Fsp3) is 0.0667. The first-order chi connectivity index (χ1) is 11.1. The zero-order valence-electron chi connectivity index (χ0n) is 12.5. The second kappa shape index (κ2) is 6.28. The number of rotatable bonds is 5. The molecule has 0 aliphatic rings. The number of amides is 2. The van der Waals surface area contributed by atoms with E-state index in [1.165, 1.54) is 19.1 Å². The highest BCUT2D eigenvalue weighted by Gasteiger charge is 2.19. The van der Waals surface area contributed by atoms with Crippen molar-refractivity contribution in [3.05, 3.63) is 58.9 Å². The van der Waals surface area contributed by atoms with E-state index >= 15 is 0 Å². The van der Waals surface area contributed by atoms with Crippen molar-refractivity contribution < 1.29 is 22.4 Å². The van der Waals surface area contributed by atoms with Crippen LogP contribution < -0.4 is 16.2 Å². The zero-order valence-corrected chi connectivity index (χ0v) is 13.4. The van der Waals surface area contributed by atoms with Crippen molar-refractivity contribution in [3.63, 3.8) is 0 Å². The summed E-state index contributed by atoms with van der Waals surface area (Å²) in [7, 11) is -4.07. The molecule has 2 aromatic rings. The summed E-state index contributed by atoms with van der Waals surface area (Å²) in [6, 6.07) is 6.70. The Morgan fingerprint density at radius 2 is 1.54 bits per heavy atom. The number of hydrogen-bond acceptors (Lipinski definition) is 4. The van der Waals surface area contributed by atoms with E-state index in [-0.39, 0.29) is 27.3 Å². The number of nitrogens with two attached hydrogens (primary N) is 2. The predicted molar refractivity (Wildman–Crippen MR) is 85.4 cm³/mol. The van der Waals surface area contributed by atoms with Crippen molar-refractivity contribution in [1.82, 2.24) is 0 Å². The molecule has 0 radical (unpaired) electrons. The second-order valence-corrected chi connectivity index (χ2v) is 6.69. The van der Waals surface area contributed by atoms with Gasteiger partial charge in [0.25, 0.3) is 10.0 Å². The third kappa shape index (κ3) is 3.69. The van der Waals surface area contributed by atoms with Gasteiger partial charge in [-0.3, -0.25) is 14.3 Å². The van der Waals surface area contributed by atoms with Gasteiger partial charge in [-0.15, -0.1) is 0 Å². The molecule has 0 spiro atoms. The van der Waals surface area contributed by atoms with Gasteiger partial charge in [-0.2, -0.15) is 0 Å². The number of anilines is 1.